The Labute approximate surface area is 318 Å². The van der Waals surface area contributed by atoms with Crippen LogP contribution >= 0.6 is 0 Å². The van der Waals surface area contributed by atoms with Crippen molar-refractivity contribution in [2.24, 2.45) is 0 Å². The van der Waals surface area contributed by atoms with Crippen LogP contribution in [0.25, 0.3) is 82.5 Å². The van der Waals surface area contributed by atoms with E-state index in [1.807, 2.05) is 6.07 Å². The minimum atomic E-state index is 0.885. The summed E-state index contributed by atoms with van der Waals surface area (Å²) in [6, 6.07) is 73.9. The van der Waals surface area contributed by atoms with Crippen molar-refractivity contribution in [2.75, 3.05) is 4.90 Å². The molecule has 3 heteroatoms. The van der Waals surface area contributed by atoms with E-state index in [0.717, 1.165) is 55.8 Å². The third-order valence-corrected chi connectivity index (χ3v) is 11.0. The summed E-state index contributed by atoms with van der Waals surface area (Å²) in [6.45, 7) is 0. The Kier molecular flexibility index (Phi) is 7.17. The Morgan fingerprint density at radius 3 is 1.62 bits per heavy atom. The molecule has 0 radical (unpaired) electrons. The fraction of sp³-hybridized carbons (Fsp3) is 0. The second kappa shape index (κ2) is 12.6. The standard InChI is InChI=1S/C52H34N2O/c1-2-12-35(13-3-1)37-22-27-40(28-23-37)53(42-31-24-36-14-4-5-15-39(36)32-42)41-29-25-38(26-30-41)47-33-43(34-48-46-18-8-11-21-51(46)55-52(47)48)54-49-19-9-6-16-44(49)45-17-7-10-20-50(45)54/h1-34H. The van der Waals surface area contributed by atoms with E-state index in [2.05, 4.69) is 210 Å². The Balaban J connectivity index is 1.08. The van der Waals surface area contributed by atoms with E-state index in [9.17, 15) is 0 Å². The van der Waals surface area contributed by atoms with Crippen LogP contribution < -0.4 is 4.90 Å². The maximum atomic E-state index is 6.67. The summed E-state index contributed by atoms with van der Waals surface area (Å²) in [5.74, 6) is 0. The maximum Gasteiger partial charge on any atom is 0.143 e. The van der Waals surface area contributed by atoms with Gasteiger partial charge in [-0.1, -0.05) is 140 Å². The zero-order valence-corrected chi connectivity index (χ0v) is 29.9. The topological polar surface area (TPSA) is 21.3 Å². The van der Waals surface area contributed by atoms with Crippen molar-refractivity contribution in [2.45, 2.75) is 0 Å². The number of nitrogens with zero attached hydrogens (tertiary/aromatic N) is 2. The lowest BCUT2D eigenvalue weighted by Crippen LogP contribution is -2.09. The lowest BCUT2D eigenvalue weighted by molar-refractivity contribution is 0.670. The van der Waals surface area contributed by atoms with Crippen molar-refractivity contribution in [1.82, 2.24) is 4.57 Å². The molecule has 0 aliphatic heterocycles. The first-order valence-corrected chi connectivity index (χ1v) is 18.8. The molecule has 0 aliphatic rings. The number of benzene rings is 9. The third-order valence-electron chi connectivity index (χ3n) is 11.0. The monoisotopic (exact) mass is 702 g/mol. The van der Waals surface area contributed by atoms with Gasteiger partial charge in [0.15, 0.2) is 0 Å². The smallest absolute Gasteiger partial charge is 0.143 e. The number of hydrogen-bond donors (Lipinski definition) is 0. The number of para-hydroxylation sites is 3. The van der Waals surface area contributed by atoms with Crippen molar-refractivity contribution < 1.29 is 4.42 Å². The number of aromatic nitrogens is 1. The summed E-state index contributed by atoms with van der Waals surface area (Å²) in [4.78, 5) is 2.34. The molecule has 0 N–H and O–H groups in total. The fourth-order valence-corrected chi connectivity index (χ4v) is 8.34. The molecule has 0 atom stereocenters. The van der Waals surface area contributed by atoms with Gasteiger partial charge in [0, 0.05) is 49.9 Å². The summed E-state index contributed by atoms with van der Waals surface area (Å²) in [6.07, 6.45) is 0. The second-order valence-corrected chi connectivity index (χ2v) is 14.2. The normalized spacial score (nSPS) is 11.6. The molecule has 0 amide bonds. The Bertz CT molecular complexity index is 3140. The van der Waals surface area contributed by atoms with Crippen LogP contribution in [0.1, 0.15) is 0 Å². The van der Waals surface area contributed by atoms with Gasteiger partial charge < -0.3 is 13.9 Å². The van der Waals surface area contributed by atoms with Gasteiger partial charge in [-0.2, -0.15) is 0 Å². The van der Waals surface area contributed by atoms with Crippen LogP contribution in [-0.2, 0) is 0 Å². The molecule has 2 heterocycles. The van der Waals surface area contributed by atoms with Crippen LogP contribution in [0.15, 0.2) is 211 Å². The van der Waals surface area contributed by atoms with Crippen molar-refractivity contribution in [1.29, 1.82) is 0 Å². The minimum Gasteiger partial charge on any atom is -0.455 e. The molecule has 0 saturated carbocycles. The summed E-state index contributed by atoms with van der Waals surface area (Å²) in [5, 5.41) is 7.12. The van der Waals surface area contributed by atoms with E-state index >= 15 is 0 Å². The summed E-state index contributed by atoms with van der Waals surface area (Å²) >= 11 is 0. The minimum absolute atomic E-state index is 0.885. The lowest BCUT2D eigenvalue weighted by Gasteiger charge is -2.26. The number of hydrogen-bond acceptors (Lipinski definition) is 2. The molecule has 0 bridgehead atoms. The molecular weight excluding hydrogens is 669 g/mol. The molecule has 11 rings (SSSR count). The Morgan fingerprint density at radius 1 is 0.364 bits per heavy atom. The third kappa shape index (κ3) is 5.20. The molecule has 11 aromatic rings. The van der Waals surface area contributed by atoms with Gasteiger partial charge in [0.1, 0.15) is 11.2 Å². The van der Waals surface area contributed by atoms with Gasteiger partial charge in [0.05, 0.1) is 11.0 Å². The molecule has 2 aromatic heterocycles. The molecule has 0 unspecified atom stereocenters. The fourth-order valence-electron chi connectivity index (χ4n) is 8.34. The molecule has 0 fully saturated rings. The summed E-state index contributed by atoms with van der Waals surface area (Å²) < 4.78 is 9.06. The summed E-state index contributed by atoms with van der Waals surface area (Å²) in [5.41, 5.74) is 13.1. The van der Waals surface area contributed by atoms with Gasteiger partial charge in [0.25, 0.3) is 0 Å². The first-order chi connectivity index (χ1) is 27.3. The Hall–Kier alpha value is -7.36. The molecule has 0 spiro atoms. The van der Waals surface area contributed by atoms with Crippen LogP contribution in [0.5, 0.6) is 0 Å². The summed E-state index contributed by atoms with van der Waals surface area (Å²) in [7, 11) is 0. The van der Waals surface area contributed by atoms with Crippen molar-refractivity contribution in [3.8, 4) is 27.9 Å². The zero-order chi connectivity index (χ0) is 36.3. The largest absolute Gasteiger partial charge is 0.455 e. The van der Waals surface area contributed by atoms with Gasteiger partial charge in [-0.3, -0.25) is 0 Å². The van der Waals surface area contributed by atoms with Gasteiger partial charge in [-0.05, 0) is 94.2 Å². The molecule has 258 valence electrons. The van der Waals surface area contributed by atoms with E-state index < -0.39 is 0 Å². The van der Waals surface area contributed by atoms with Gasteiger partial charge in [-0.25, -0.2) is 0 Å². The lowest BCUT2D eigenvalue weighted by atomic mass is 10.00. The second-order valence-electron chi connectivity index (χ2n) is 14.2. The van der Waals surface area contributed by atoms with E-state index in [4.69, 9.17) is 4.42 Å². The zero-order valence-electron chi connectivity index (χ0n) is 29.9. The van der Waals surface area contributed by atoms with E-state index in [1.165, 1.54) is 43.7 Å². The van der Waals surface area contributed by atoms with Gasteiger partial charge >= 0.3 is 0 Å². The van der Waals surface area contributed by atoms with Gasteiger partial charge in [-0.15, -0.1) is 0 Å². The van der Waals surface area contributed by atoms with Crippen LogP contribution in [0.2, 0.25) is 0 Å². The number of rotatable bonds is 6. The predicted molar refractivity (Wildman–Crippen MR) is 231 cm³/mol. The van der Waals surface area contributed by atoms with Crippen molar-refractivity contribution in [3.63, 3.8) is 0 Å². The van der Waals surface area contributed by atoms with Crippen LogP contribution in [0.3, 0.4) is 0 Å². The molecule has 9 aromatic carbocycles. The van der Waals surface area contributed by atoms with E-state index in [1.54, 1.807) is 0 Å². The highest BCUT2D eigenvalue weighted by Crippen LogP contribution is 2.42. The van der Waals surface area contributed by atoms with Crippen LogP contribution in [0, 0.1) is 0 Å². The predicted octanol–water partition coefficient (Wildman–Crippen LogP) is 14.6. The van der Waals surface area contributed by atoms with Gasteiger partial charge in [0.2, 0.25) is 0 Å². The average molecular weight is 703 g/mol. The van der Waals surface area contributed by atoms with E-state index in [-0.39, 0.29) is 0 Å². The number of fused-ring (bicyclic) bond motifs is 7. The van der Waals surface area contributed by atoms with Crippen molar-refractivity contribution in [3.05, 3.63) is 206 Å². The van der Waals surface area contributed by atoms with Crippen LogP contribution in [0.4, 0.5) is 17.1 Å². The first-order valence-electron chi connectivity index (χ1n) is 18.8. The van der Waals surface area contributed by atoms with Crippen molar-refractivity contribution >= 4 is 71.6 Å². The molecule has 0 saturated heterocycles. The molecule has 3 nitrogen and oxygen atoms in total. The highest BCUT2D eigenvalue weighted by molar-refractivity contribution is 6.13. The van der Waals surface area contributed by atoms with Crippen LogP contribution in [-0.4, -0.2) is 4.57 Å². The van der Waals surface area contributed by atoms with E-state index in [0.29, 0.717) is 0 Å². The number of anilines is 3. The quantitative estimate of drug-likeness (QED) is 0.172. The SMILES string of the molecule is c1ccc(-c2ccc(N(c3ccc(-c4cc(-n5c6ccccc6c6ccccc65)cc5c4oc4ccccc45)cc3)c3ccc4ccccc4c3)cc2)cc1. The highest BCUT2D eigenvalue weighted by atomic mass is 16.3. The molecule has 55 heavy (non-hydrogen) atoms. The average Bonchev–Trinajstić information content (AvgIpc) is 3.80. The number of furan rings is 1. The maximum absolute atomic E-state index is 6.67. The Morgan fingerprint density at radius 2 is 0.909 bits per heavy atom. The molecule has 0 aliphatic carbocycles. The highest BCUT2D eigenvalue weighted by Gasteiger charge is 2.19. The molecular formula is C52H34N2O. The first kappa shape index (κ1) is 31.2.